The third-order valence-corrected chi connectivity index (χ3v) is 6.35. The minimum absolute atomic E-state index is 0.0365. The smallest absolute Gasteiger partial charge is 0.328 e. The normalized spacial score (nSPS) is 18.8. The summed E-state index contributed by atoms with van der Waals surface area (Å²) in [7, 11) is 2.25. The van der Waals surface area contributed by atoms with Gasteiger partial charge in [-0.2, -0.15) is 0 Å². The fraction of sp³-hybridized carbons (Fsp3) is 0.346. The Kier molecular flexibility index (Phi) is 9.01. The van der Waals surface area contributed by atoms with Gasteiger partial charge in [0.05, 0.1) is 6.61 Å². The highest BCUT2D eigenvalue weighted by molar-refractivity contribution is 9.10. The summed E-state index contributed by atoms with van der Waals surface area (Å²) in [6.07, 6.45) is 5.13. The van der Waals surface area contributed by atoms with Crippen molar-refractivity contribution in [1.82, 2.24) is 4.90 Å². The first kappa shape index (κ1) is 25.6. The Bertz CT molecular complexity index is 1010. The third-order valence-electron chi connectivity index (χ3n) is 5.82. The molecule has 0 amide bonds. The molecule has 2 atom stereocenters. The van der Waals surface area contributed by atoms with Gasteiger partial charge in [0.2, 0.25) is 0 Å². The maximum atomic E-state index is 12.5. The molecule has 2 fully saturated rings. The van der Waals surface area contributed by atoms with E-state index in [1.807, 2.05) is 48.5 Å². The molecule has 0 aliphatic heterocycles. The summed E-state index contributed by atoms with van der Waals surface area (Å²) in [6.45, 7) is 1.99. The van der Waals surface area contributed by atoms with E-state index in [4.69, 9.17) is 14.9 Å². The van der Waals surface area contributed by atoms with Crippen molar-refractivity contribution < 1.29 is 29.3 Å². The van der Waals surface area contributed by atoms with E-state index in [0.717, 1.165) is 28.8 Å². The van der Waals surface area contributed by atoms with E-state index in [-0.39, 0.29) is 5.78 Å². The molecular weight excluding hydrogens is 502 g/mol. The fourth-order valence-corrected chi connectivity index (χ4v) is 3.85. The van der Waals surface area contributed by atoms with Crippen molar-refractivity contribution >= 4 is 33.7 Å². The molecule has 2 aliphatic carbocycles. The summed E-state index contributed by atoms with van der Waals surface area (Å²) in [5.41, 5.74) is 1.39. The van der Waals surface area contributed by atoms with Gasteiger partial charge in [0.15, 0.2) is 5.78 Å². The van der Waals surface area contributed by atoms with Crippen LogP contribution in [0.15, 0.2) is 65.2 Å². The average molecular weight is 530 g/mol. The zero-order valence-corrected chi connectivity index (χ0v) is 20.5. The summed E-state index contributed by atoms with van der Waals surface area (Å²) in [6, 6.07) is 15.8. The molecular formula is C26H28BrNO6. The minimum Gasteiger partial charge on any atom is -0.493 e. The van der Waals surface area contributed by atoms with Crippen LogP contribution in [-0.2, 0) is 9.59 Å². The van der Waals surface area contributed by atoms with Crippen LogP contribution in [0.3, 0.4) is 0 Å². The van der Waals surface area contributed by atoms with E-state index < -0.39 is 11.9 Å². The predicted octanol–water partition coefficient (Wildman–Crippen LogP) is 4.50. The number of carbonyl (C=O) groups excluding carboxylic acids is 1. The maximum absolute atomic E-state index is 12.5. The van der Waals surface area contributed by atoms with E-state index >= 15 is 0 Å². The topological polar surface area (TPSA) is 104 Å². The molecule has 0 aromatic heterocycles. The second kappa shape index (κ2) is 11.9. The number of rotatable bonds is 10. The summed E-state index contributed by atoms with van der Waals surface area (Å²) >= 11 is 3.39. The molecule has 4 rings (SSSR count). The first-order valence-electron chi connectivity index (χ1n) is 11.1. The molecule has 180 valence electrons. The number of hydrogen-bond acceptors (Lipinski definition) is 5. The molecule has 0 heterocycles. The van der Waals surface area contributed by atoms with Gasteiger partial charge in [0, 0.05) is 40.3 Å². The second-order valence-corrected chi connectivity index (χ2v) is 9.52. The number of ether oxygens (including phenoxy) is 1. The number of nitrogens with zero attached hydrogens (tertiary/aromatic N) is 1. The van der Waals surface area contributed by atoms with Gasteiger partial charge in [-0.1, -0.05) is 15.9 Å². The molecule has 0 spiro atoms. The van der Waals surface area contributed by atoms with Crippen molar-refractivity contribution in [1.29, 1.82) is 0 Å². The van der Waals surface area contributed by atoms with Crippen LogP contribution in [0, 0.1) is 11.8 Å². The van der Waals surface area contributed by atoms with E-state index in [0.29, 0.717) is 29.2 Å². The molecule has 2 saturated carbocycles. The summed E-state index contributed by atoms with van der Waals surface area (Å²) in [5, 5.41) is 15.6. The van der Waals surface area contributed by atoms with Gasteiger partial charge in [0.25, 0.3) is 0 Å². The molecule has 0 saturated heterocycles. The molecule has 2 unspecified atom stereocenters. The SMILES string of the molecule is CN(CC1CC1COc1ccc(C(=O)c2ccc(Br)cc2)cc1)C1CC1.O=C(O)C=CC(=O)O. The van der Waals surface area contributed by atoms with Gasteiger partial charge in [-0.25, -0.2) is 9.59 Å². The van der Waals surface area contributed by atoms with E-state index in [1.165, 1.54) is 25.8 Å². The zero-order valence-electron chi connectivity index (χ0n) is 18.9. The zero-order chi connectivity index (χ0) is 24.7. The Morgan fingerprint density at radius 2 is 1.47 bits per heavy atom. The number of carboxylic acids is 2. The van der Waals surface area contributed by atoms with Crippen molar-refractivity contribution in [2.75, 3.05) is 20.2 Å². The number of benzene rings is 2. The lowest BCUT2D eigenvalue weighted by molar-refractivity contribution is -0.134. The lowest BCUT2D eigenvalue weighted by Crippen LogP contribution is -2.24. The van der Waals surface area contributed by atoms with Crippen LogP contribution in [0.4, 0.5) is 0 Å². The van der Waals surface area contributed by atoms with Crippen molar-refractivity contribution in [2.45, 2.75) is 25.3 Å². The van der Waals surface area contributed by atoms with Gasteiger partial charge in [-0.15, -0.1) is 0 Å². The van der Waals surface area contributed by atoms with Crippen LogP contribution in [-0.4, -0.2) is 59.1 Å². The fourth-order valence-electron chi connectivity index (χ4n) is 3.59. The van der Waals surface area contributed by atoms with Gasteiger partial charge in [0.1, 0.15) is 5.75 Å². The number of halogens is 1. The van der Waals surface area contributed by atoms with Gasteiger partial charge in [-0.05, 0) is 86.7 Å². The van der Waals surface area contributed by atoms with E-state index in [9.17, 15) is 14.4 Å². The average Bonchev–Trinajstić information content (AvgIpc) is 3.73. The monoisotopic (exact) mass is 529 g/mol. The minimum atomic E-state index is -1.26. The summed E-state index contributed by atoms with van der Waals surface area (Å²) in [4.78, 5) is 34.1. The predicted molar refractivity (Wildman–Crippen MR) is 131 cm³/mol. The van der Waals surface area contributed by atoms with Crippen molar-refractivity contribution in [2.24, 2.45) is 11.8 Å². The molecule has 7 nitrogen and oxygen atoms in total. The van der Waals surface area contributed by atoms with Crippen LogP contribution in [0.2, 0.25) is 0 Å². The highest BCUT2D eigenvalue weighted by Gasteiger charge is 2.40. The lowest BCUT2D eigenvalue weighted by atomic mass is 10.0. The molecule has 2 aliphatic rings. The Balaban J connectivity index is 0.000000350. The van der Waals surface area contributed by atoms with Crippen LogP contribution in [0.25, 0.3) is 0 Å². The molecule has 8 heteroatoms. The quantitative estimate of drug-likeness (QED) is 0.344. The van der Waals surface area contributed by atoms with Gasteiger partial charge < -0.3 is 19.8 Å². The van der Waals surface area contributed by atoms with Crippen molar-refractivity contribution in [3.8, 4) is 5.75 Å². The van der Waals surface area contributed by atoms with Crippen LogP contribution in [0.5, 0.6) is 5.75 Å². The number of hydrogen-bond donors (Lipinski definition) is 2. The number of aliphatic carboxylic acids is 2. The Morgan fingerprint density at radius 1 is 0.941 bits per heavy atom. The first-order valence-corrected chi connectivity index (χ1v) is 11.9. The maximum Gasteiger partial charge on any atom is 0.328 e. The Labute approximate surface area is 207 Å². The number of ketones is 1. The third kappa shape index (κ3) is 8.43. The highest BCUT2D eigenvalue weighted by Crippen LogP contribution is 2.41. The second-order valence-electron chi connectivity index (χ2n) is 8.61. The van der Waals surface area contributed by atoms with Gasteiger partial charge in [-0.3, -0.25) is 4.79 Å². The highest BCUT2D eigenvalue weighted by atomic mass is 79.9. The first-order chi connectivity index (χ1) is 16.2. The Morgan fingerprint density at radius 3 is 1.97 bits per heavy atom. The van der Waals surface area contributed by atoms with Crippen molar-refractivity contribution in [3.63, 3.8) is 0 Å². The van der Waals surface area contributed by atoms with Crippen LogP contribution in [0.1, 0.15) is 35.2 Å². The molecule has 0 bridgehead atoms. The van der Waals surface area contributed by atoms with Gasteiger partial charge >= 0.3 is 11.9 Å². The Hall–Kier alpha value is -2.97. The molecule has 2 N–H and O–H groups in total. The van der Waals surface area contributed by atoms with E-state index in [1.54, 1.807) is 0 Å². The molecule has 2 aromatic carbocycles. The van der Waals surface area contributed by atoms with Crippen LogP contribution >= 0.6 is 15.9 Å². The standard InChI is InChI=1S/C22H24BrNO2.C4H4O4/c1-24(20-8-9-20)13-17-12-18(17)14-26-21-10-4-16(5-11-21)22(25)15-2-6-19(23)7-3-15;5-3(6)1-2-4(7)8/h2-7,10-11,17-18,20H,8-9,12-14H2,1H3;1-2H,(H,5,6)(H,7,8). The molecule has 2 aromatic rings. The number of carboxylic acid groups (broad SMARTS) is 2. The van der Waals surface area contributed by atoms with Crippen molar-refractivity contribution in [3.05, 3.63) is 76.3 Å². The molecule has 34 heavy (non-hydrogen) atoms. The molecule has 0 radical (unpaired) electrons. The largest absolute Gasteiger partial charge is 0.493 e. The summed E-state index contributed by atoms with van der Waals surface area (Å²) in [5.74, 6) is -0.160. The van der Waals surface area contributed by atoms with Crippen LogP contribution < -0.4 is 4.74 Å². The summed E-state index contributed by atoms with van der Waals surface area (Å²) < 4.78 is 6.91. The lowest BCUT2D eigenvalue weighted by Gasteiger charge is -2.15. The number of carbonyl (C=O) groups is 3. The van der Waals surface area contributed by atoms with E-state index in [2.05, 4.69) is 27.9 Å².